The van der Waals surface area contributed by atoms with Gasteiger partial charge in [-0.25, -0.2) is 0 Å². The van der Waals surface area contributed by atoms with Crippen molar-refractivity contribution in [3.63, 3.8) is 0 Å². The van der Waals surface area contributed by atoms with Crippen LogP contribution in [0.1, 0.15) is 60.8 Å². The maximum absolute atomic E-state index is 6.36. The molecule has 4 atom stereocenters. The van der Waals surface area contributed by atoms with E-state index >= 15 is 0 Å². The molecule has 0 saturated heterocycles. The molecule has 0 spiro atoms. The molecule has 4 unspecified atom stereocenters. The van der Waals surface area contributed by atoms with Crippen LogP contribution in [0, 0.1) is 17.3 Å². The molecule has 1 aliphatic rings. The molecule has 1 aliphatic carbocycles. The van der Waals surface area contributed by atoms with Crippen molar-refractivity contribution in [1.82, 2.24) is 0 Å². The molecular weight excluding hydrogens is 194 g/mol. The van der Waals surface area contributed by atoms with Crippen LogP contribution in [-0.2, 0) is 0 Å². The minimum Gasteiger partial charge on any atom is -0.325 e. The fraction of sp³-hybridized carbons (Fsp3) is 0.867. The lowest BCUT2D eigenvalue weighted by molar-refractivity contribution is 0.224. The van der Waals surface area contributed by atoms with Crippen molar-refractivity contribution in [3.8, 4) is 0 Å². The van der Waals surface area contributed by atoms with Crippen molar-refractivity contribution in [3.05, 3.63) is 11.6 Å². The summed E-state index contributed by atoms with van der Waals surface area (Å²) >= 11 is 0. The van der Waals surface area contributed by atoms with Gasteiger partial charge in [-0.3, -0.25) is 0 Å². The van der Waals surface area contributed by atoms with Gasteiger partial charge in [-0.05, 0) is 50.4 Å². The molecule has 0 radical (unpaired) electrons. The standard InChI is InChI=1S/C15H29N/c1-7-13(8-2)11(4)12(5)15(9-3)10-14(15,6)16/h7,11-12H,8-10,16H2,1-6H3/b13-7-. The van der Waals surface area contributed by atoms with E-state index in [2.05, 4.69) is 47.6 Å². The topological polar surface area (TPSA) is 26.0 Å². The average Bonchev–Trinajstić information content (AvgIpc) is 2.82. The minimum absolute atomic E-state index is 0.0714. The van der Waals surface area contributed by atoms with Crippen LogP contribution >= 0.6 is 0 Å². The quantitative estimate of drug-likeness (QED) is 0.697. The zero-order valence-electron chi connectivity index (χ0n) is 11.9. The van der Waals surface area contributed by atoms with Gasteiger partial charge in [0.25, 0.3) is 0 Å². The van der Waals surface area contributed by atoms with E-state index in [9.17, 15) is 0 Å². The predicted molar refractivity (Wildman–Crippen MR) is 72.3 cm³/mol. The van der Waals surface area contributed by atoms with E-state index in [-0.39, 0.29) is 5.54 Å². The molecule has 0 heterocycles. The van der Waals surface area contributed by atoms with Gasteiger partial charge in [0, 0.05) is 5.54 Å². The fourth-order valence-electron chi connectivity index (χ4n) is 3.73. The number of hydrogen-bond donors (Lipinski definition) is 1. The van der Waals surface area contributed by atoms with Gasteiger partial charge in [0.1, 0.15) is 0 Å². The van der Waals surface area contributed by atoms with Crippen LogP contribution in [0.3, 0.4) is 0 Å². The van der Waals surface area contributed by atoms with E-state index in [0.717, 1.165) is 0 Å². The summed E-state index contributed by atoms with van der Waals surface area (Å²) in [5.41, 5.74) is 8.40. The molecule has 1 rings (SSSR count). The second-order valence-corrected chi connectivity index (χ2v) is 5.90. The molecule has 1 nitrogen and oxygen atoms in total. The van der Waals surface area contributed by atoms with E-state index in [4.69, 9.17) is 5.73 Å². The number of nitrogens with two attached hydrogens (primary N) is 1. The normalized spacial score (nSPS) is 38.3. The van der Waals surface area contributed by atoms with Crippen LogP contribution in [0.25, 0.3) is 0 Å². The van der Waals surface area contributed by atoms with Crippen LogP contribution in [0.5, 0.6) is 0 Å². The van der Waals surface area contributed by atoms with Crippen LogP contribution in [0.15, 0.2) is 11.6 Å². The molecule has 94 valence electrons. The van der Waals surface area contributed by atoms with Crippen molar-refractivity contribution in [2.75, 3.05) is 0 Å². The van der Waals surface area contributed by atoms with Crippen molar-refractivity contribution in [2.24, 2.45) is 23.0 Å². The average molecular weight is 223 g/mol. The molecule has 0 aromatic carbocycles. The van der Waals surface area contributed by atoms with Crippen molar-refractivity contribution in [2.45, 2.75) is 66.3 Å². The second-order valence-electron chi connectivity index (χ2n) is 5.90. The highest BCUT2D eigenvalue weighted by molar-refractivity contribution is 5.21. The molecule has 0 aromatic heterocycles. The molecule has 0 bridgehead atoms. The maximum Gasteiger partial charge on any atom is 0.0192 e. The molecule has 1 fully saturated rings. The summed E-state index contributed by atoms with van der Waals surface area (Å²) in [4.78, 5) is 0. The molecular formula is C15H29N. The first-order valence-electron chi connectivity index (χ1n) is 6.80. The third kappa shape index (κ3) is 1.95. The van der Waals surface area contributed by atoms with Gasteiger partial charge in [0.15, 0.2) is 0 Å². The van der Waals surface area contributed by atoms with Gasteiger partial charge in [-0.1, -0.05) is 39.3 Å². The molecule has 0 amide bonds. The number of hydrogen-bond acceptors (Lipinski definition) is 1. The summed E-state index contributed by atoms with van der Waals surface area (Å²) in [6, 6.07) is 0. The Morgan fingerprint density at radius 1 is 1.38 bits per heavy atom. The van der Waals surface area contributed by atoms with Crippen molar-refractivity contribution in [1.29, 1.82) is 0 Å². The molecule has 0 aliphatic heterocycles. The van der Waals surface area contributed by atoms with Gasteiger partial charge in [0.2, 0.25) is 0 Å². The van der Waals surface area contributed by atoms with Gasteiger partial charge < -0.3 is 5.73 Å². The van der Waals surface area contributed by atoms with Gasteiger partial charge in [0.05, 0.1) is 0 Å². The smallest absolute Gasteiger partial charge is 0.0192 e. The second kappa shape index (κ2) is 4.52. The van der Waals surface area contributed by atoms with Gasteiger partial charge in [-0.2, -0.15) is 0 Å². The summed E-state index contributed by atoms with van der Waals surface area (Å²) in [7, 11) is 0. The third-order valence-electron chi connectivity index (χ3n) is 5.31. The molecule has 1 saturated carbocycles. The zero-order valence-corrected chi connectivity index (χ0v) is 11.9. The lowest BCUT2D eigenvalue weighted by Gasteiger charge is -2.32. The third-order valence-corrected chi connectivity index (χ3v) is 5.31. The Hall–Kier alpha value is -0.300. The Morgan fingerprint density at radius 2 is 1.88 bits per heavy atom. The summed E-state index contributed by atoms with van der Waals surface area (Å²) in [6.45, 7) is 13.7. The Labute approximate surface area is 101 Å². The van der Waals surface area contributed by atoms with E-state index < -0.39 is 0 Å². The monoisotopic (exact) mass is 223 g/mol. The highest BCUT2D eigenvalue weighted by atomic mass is 14.9. The lowest BCUT2D eigenvalue weighted by Crippen LogP contribution is -2.34. The van der Waals surface area contributed by atoms with Crippen LogP contribution < -0.4 is 5.73 Å². The molecule has 2 N–H and O–H groups in total. The highest BCUT2D eigenvalue weighted by Crippen LogP contribution is 2.63. The largest absolute Gasteiger partial charge is 0.325 e. The van der Waals surface area contributed by atoms with E-state index in [1.54, 1.807) is 5.57 Å². The minimum atomic E-state index is 0.0714. The zero-order chi connectivity index (χ0) is 12.6. The number of allylic oxidation sites excluding steroid dienone is 2. The van der Waals surface area contributed by atoms with Crippen molar-refractivity contribution >= 4 is 0 Å². The Kier molecular flexibility index (Phi) is 3.89. The molecule has 0 aromatic rings. The summed E-state index contributed by atoms with van der Waals surface area (Å²) in [6.07, 6.45) is 5.87. The van der Waals surface area contributed by atoms with E-state index in [1.165, 1.54) is 19.3 Å². The van der Waals surface area contributed by atoms with Crippen LogP contribution in [-0.4, -0.2) is 5.54 Å². The highest BCUT2D eigenvalue weighted by Gasteiger charge is 2.63. The van der Waals surface area contributed by atoms with E-state index in [1.807, 2.05) is 0 Å². The predicted octanol–water partition coefficient (Wildman–Crippen LogP) is 4.13. The van der Waals surface area contributed by atoms with Crippen LogP contribution in [0.2, 0.25) is 0 Å². The van der Waals surface area contributed by atoms with Gasteiger partial charge in [-0.15, -0.1) is 0 Å². The van der Waals surface area contributed by atoms with Gasteiger partial charge >= 0.3 is 0 Å². The Balaban J connectivity index is 2.83. The Morgan fingerprint density at radius 3 is 2.12 bits per heavy atom. The first kappa shape index (κ1) is 13.8. The molecule has 1 heteroatoms. The Bertz CT molecular complexity index is 277. The first-order chi connectivity index (χ1) is 7.36. The SMILES string of the molecule is C/C=C(/CC)C(C)C(C)C1(CC)CC1(C)N. The summed E-state index contributed by atoms with van der Waals surface area (Å²) in [5, 5.41) is 0. The number of rotatable bonds is 5. The van der Waals surface area contributed by atoms with Crippen molar-refractivity contribution < 1.29 is 0 Å². The fourth-order valence-corrected chi connectivity index (χ4v) is 3.73. The lowest BCUT2D eigenvalue weighted by atomic mass is 9.73. The molecule has 16 heavy (non-hydrogen) atoms. The van der Waals surface area contributed by atoms with E-state index in [0.29, 0.717) is 17.3 Å². The summed E-state index contributed by atoms with van der Waals surface area (Å²) in [5.74, 6) is 1.36. The first-order valence-corrected chi connectivity index (χ1v) is 6.80. The maximum atomic E-state index is 6.36. The van der Waals surface area contributed by atoms with Crippen LogP contribution in [0.4, 0.5) is 0 Å². The summed E-state index contributed by atoms with van der Waals surface area (Å²) < 4.78 is 0.